The van der Waals surface area contributed by atoms with Crippen molar-refractivity contribution in [2.24, 2.45) is 22.5 Å². The summed E-state index contributed by atoms with van der Waals surface area (Å²) >= 11 is 0. The minimum Gasteiger partial charge on any atom is -0.324 e. The van der Waals surface area contributed by atoms with Crippen molar-refractivity contribution in [2.45, 2.75) is 39.2 Å². The summed E-state index contributed by atoms with van der Waals surface area (Å²) in [6, 6.07) is 0. The van der Waals surface area contributed by atoms with Crippen LogP contribution >= 0.6 is 0 Å². The average Bonchev–Trinajstić information content (AvgIpc) is 2.36. The van der Waals surface area contributed by atoms with Gasteiger partial charge in [0, 0.05) is 11.0 Å². The number of fused-ring (bicyclic) bond motifs is 1. The topological polar surface area (TPSA) is 26.0 Å². The van der Waals surface area contributed by atoms with Gasteiger partial charge in [-0.3, -0.25) is 0 Å². The van der Waals surface area contributed by atoms with Crippen molar-refractivity contribution in [1.82, 2.24) is 0 Å². The predicted molar refractivity (Wildman–Crippen MR) is 51.7 cm³/mol. The van der Waals surface area contributed by atoms with E-state index < -0.39 is 0 Å². The van der Waals surface area contributed by atoms with Crippen molar-refractivity contribution in [3.63, 3.8) is 0 Å². The van der Waals surface area contributed by atoms with E-state index in [1.807, 2.05) is 0 Å². The zero-order chi connectivity index (χ0) is 9.20. The van der Waals surface area contributed by atoms with E-state index in [-0.39, 0.29) is 11.0 Å². The van der Waals surface area contributed by atoms with Gasteiger partial charge in [0.2, 0.25) is 0 Å². The average molecular weight is 165 g/mol. The Morgan fingerprint density at radius 1 is 1.42 bits per heavy atom. The van der Waals surface area contributed by atoms with Crippen molar-refractivity contribution >= 4 is 0 Å². The molecule has 2 aliphatic carbocycles. The number of hydrogen-bond donors (Lipinski definition) is 1. The molecule has 3 unspecified atom stereocenters. The van der Waals surface area contributed by atoms with Crippen LogP contribution in [0.2, 0.25) is 0 Å². The molecular formula is C11H19N. The van der Waals surface area contributed by atoms with Crippen LogP contribution in [-0.2, 0) is 0 Å². The van der Waals surface area contributed by atoms with Crippen molar-refractivity contribution in [1.29, 1.82) is 0 Å². The second-order valence-corrected chi connectivity index (χ2v) is 5.33. The first-order chi connectivity index (χ1) is 5.40. The van der Waals surface area contributed by atoms with Crippen LogP contribution in [-0.4, -0.2) is 5.54 Å². The lowest BCUT2D eigenvalue weighted by molar-refractivity contribution is 0.238. The molecule has 0 aromatic rings. The molecule has 0 radical (unpaired) electrons. The van der Waals surface area contributed by atoms with Gasteiger partial charge in [-0.15, -0.1) is 6.58 Å². The van der Waals surface area contributed by atoms with Crippen LogP contribution in [0.5, 0.6) is 0 Å². The quantitative estimate of drug-likeness (QED) is 0.593. The van der Waals surface area contributed by atoms with Gasteiger partial charge in [0.05, 0.1) is 0 Å². The third-order valence-corrected chi connectivity index (χ3v) is 4.68. The van der Waals surface area contributed by atoms with E-state index in [1.54, 1.807) is 0 Å². The van der Waals surface area contributed by atoms with E-state index in [0.717, 1.165) is 0 Å². The molecule has 2 fully saturated rings. The van der Waals surface area contributed by atoms with Crippen molar-refractivity contribution in [3.8, 4) is 0 Å². The van der Waals surface area contributed by atoms with Crippen molar-refractivity contribution in [2.75, 3.05) is 0 Å². The Morgan fingerprint density at radius 2 is 2.00 bits per heavy atom. The molecule has 0 aromatic heterocycles. The minimum absolute atomic E-state index is 0.0434. The van der Waals surface area contributed by atoms with Gasteiger partial charge < -0.3 is 5.73 Å². The summed E-state index contributed by atoms with van der Waals surface area (Å²) in [5.41, 5.74) is 7.01. The van der Waals surface area contributed by atoms with E-state index in [4.69, 9.17) is 5.73 Å². The predicted octanol–water partition coefficient (Wildman–Crippen LogP) is 2.33. The summed E-state index contributed by atoms with van der Waals surface area (Å²) in [5, 5.41) is 0. The van der Waals surface area contributed by atoms with E-state index in [1.165, 1.54) is 12.8 Å². The highest BCUT2D eigenvalue weighted by molar-refractivity contribution is 5.37. The van der Waals surface area contributed by atoms with Gasteiger partial charge in [0.1, 0.15) is 0 Å². The van der Waals surface area contributed by atoms with Gasteiger partial charge in [-0.1, -0.05) is 26.8 Å². The first-order valence-electron chi connectivity index (χ1n) is 4.82. The summed E-state index contributed by atoms with van der Waals surface area (Å²) in [6.45, 7) is 10.8. The highest BCUT2D eigenvalue weighted by Gasteiger charge is 2.78. The zero-order valence-corrected chi connectivity index (χ0v) is 8.35. The highest BCUT2D eigenvalue weighted by atomic mass is 15.0. The lowest BCUT2D eigenvalue weighted by Gasteiger charge is -2.32. The summed E-state index contributed by atoms with van der Waals surface area (Å²) in [7, 11) is 0. The first-order valence-corrected chi connectivity index (χ1v) is 4.82. The molecule has 2 N–H and O–H groups in total. The molecule has 0 spiro atoms. The fraction of sp³-hybridized carbons (Fsp3) is 0.818. The molecule has 2 saturated carbocycles. The molecule has 3 atom stereocenters. The molecule has 0 aromatic carbocycles. The molecular weight excluding hydrogens is 146 g/mol. The Labute approximate surface area is 75.0 Å². The van der Waals surface area contributed by atoms with E-state index in [9.17, 15) is 0 Å². The third kappa shape index (κ3) is 0.545. The lowest BCUT2D eigenvalue weighted by Crippen LogP contribution is -2.42. The van der Waals surface area contributed by atoms with E-state index in [2.05, 4.69) is 33.4 Å². The van der Waals surface area contributed by atoms with Crippen molar-refractivity contribution in [3.05, 3.63) is 12.7 Å². The maximum Gasteiger partial charge on any atom is 0.0336 e. The van der Waals surface area contributed by atoms with Crippen LogP contribution in [0.3, 0.4) is 0 Å². The van der Waals surface area contributed by atoms with E-state index in [0.29, 0.717) is 11.3 Å². The molecule has 68 valence electrons. The van der Waals surface area contributed by atoms with E-state index >= 15 is 0 Å². The van der Waals surface area contributed by atoms with Crippen LogP contribution in [0, 0.1) is 16.7 Å². The largest absolute Gasteiger partial charge is 0.324 e. The Bertz CT molecular complexity index is 243. The summed E-state index contributed by atoms with van der Waals surface area (Å²) < 4.78 is 0. The molecule has 2 aliphatic rings. The lowest BCUT2D eigenvalue weighted by atomic mass is 9.76. The Morgan fingerprint density at radius 3 is 2.25 bits per heavy atom. The molecule has 0 amide bonds. The van der Waals surface area contributed by atoms with Crippen LogP contribution in [0.15, 0.2) is 12.7 Å². The SMILES string of the molecule is C=CC1(C)C2CCC(C)(C)C21N. The number of rotatable bonds is 1. The Hall–Kier alpha value is -0.300. The smallest absolute Gasteiger partial charge is 0.0336 e. The van der Waals surface area contributed by atoms with Gasteiger partial charge in [-0.2, -0.15) is 0 Å². The van der Waals surface area contributed by atoms with Gasteiger partial charge >= 0.3 is 0 Å². The summed E-state index contributed by atoms with van der Waals surface area (Å²) in [4.78, 5) is 0. The molecule has 1 heteroatoms. The van der Waals surface area contributed by atoms with Crippen molar-refractivity contribution < 1.29 is 0 Å². The van der Waals surface area contributed by atoms with Gasteiger partial charge in [-0.25, -0.2) is 0 Å². The van der Waals surface area contributed by atoms with Crippen LogP contribution < -0.4 is 5.73 Å². The zero-order valence-electron chi connectivity index (χ0n) is 8.35. The standard InChI is InChI=1S/C11H19N/c1-5-10(4)8-6-7-9(2,3)11(8,10)12/h5,8H,1,6-7,12H2,2-4H3. The first kappa shape index (κ1) is 8.31. The Balaban J connectivity index is 2.39. The molecule has 1 nitrogen and oxygen atoms in total. The van der Waals surface area contributed by atoms with Crippen LogP contribution in [0.25, 0.3) is 0 Å². The second-order valence-electron chi connectivity index (χ2n) is 5.33. The number of nitrogens with two attached hydrogens (primary N) is 1. The van der Waals surface area contributed by atoms with Crippen LogP contribution in [0.1, 0.15) is 33.6 Å². The number of hydrogen-bond acceptors (Lipinski definition) is 1. The second kappa shape index (κ2) is 1.79. The molecule has 0 bridgehead atoms. The maximum atomic E-state index is 6.45. The summed E-state index contributed by atoms with van der Waals surface area (Å²) in [5.74, 6) is 0.692. The monoisotopic (exact) mass is 165 g/mol. The molecule has 0 heterocycles. The normalized spacial score (nSPS) is 54.8. The molecule has 12 heavy (non-hydrogen) atoms. The fourth-order valence-corrected chi connectivity index (χ4v) is 3.52. The summed E-state index contributed by atoms with van der Waals surface area (Å²) in [6.07, 6.45) is 4.63. The maximum absolute atomic E-state index is 6.45. The third-order valence-electron chi connectivity index (χ3n) is 4.68. The molecule has 2 rings (SSSR count). The fourth-order valence-electron chi connectivity index (χ4n) is 3.52. The van der Waals surface area contributed by atoms with Crippen LogP contribution in [0.4, 0.5) is 0 Å². The van der Waals surface area contributed by atoms with Gasteiger partial charge in [0.15, 0.2) is 0 Å². The van der Waals surface area contributed by atoms with Gasteiger partial charge in [0.25, 0.3) is 0 Å². The molecule has 0 aliphatic heterocycles. The van der Waals surface area contributed by atoms with Gasteiger partial charge in [-0.05, 0) is 24.2 Å². The molecule has 0 saturated heterocycles. The minimum atomic E-state index is 0.0434. The Kier molecular flexibility index (Phi) is 1.24. The highest BCUT2D eigenvalue weighted by Crippen LogP contribution is 2.75.